The van der Waals surface area contributed by atoms with Crippen molar-refractivity contribution in [3.8, 4) is 0 Å². The van der Waals surface area contributed by atoms with Gasteiger partial charge in [-0.15, -0.1) is 11.3 Å². The van der Waals surface area contributed by atoms with E-state index in [0.717, 1.165) is 13.1 Å². The van der Waals surface area contributed by atoms with Gasteiger partial charge < -0.3 is 5.32 Å². The van der Waals surface area contributed by atoms with E-state index in [-0.39, 0.29) is 0 Å². The van der Waals surface area contributed by atoms with Crippen molar-refractivity contribution in [1.82, 2.24) is 10.3 Å². The van der Waals surface area contributed by atoms with Gasteiger partial charge in [0.05, 0.1) is 5.51 Å². The molecule has 0 aliphatic carbocycles. The molecule has 1 N–H and O–H groups in total. The largest absolute Gasteiger partial charge is 0.311 e. The van der Waals surface area contributed by atoms with E-state index in [1.165, 1.54) is 16.0 Å². The van der Waals surface area contributed by atoms with E-state index < -0.39 is 0 Å². The minimum absolute atomic E-state index is 0.375. The molecule has 0 aliphatic rings. The average molecular weight is 294 g/mol. The number of hydrogen-bond donors (Lipinski definition) is 1. The Morgan fingerprint density at radius 3 is 2.05 bits per heavy atom. The first-order chi connectivity index (χ1) is 10.4. The molecule has 0 unspecified atom stereocenters. The van der Waals surface area contributed by atoms with Gasteiger partial charge in [0.1, 0.15) is 0 Å². The predicted octanol–water partition coefficient (Wildman–Crippen LogP) is 4.06. The Labute approximate surface area is 129 Å². The number of aromatic nitrogens is 1. The van der Waals surface area contributed by atoms with Crippen LogP contribution in [-0.2, 0) is 6.54 Å². The monoisotopic (exact) mass is 294 g/mol. The lowest BCUT2D eigenvalue weighted by atomic mass is 9.91. The Morgan fingerprint density at radius 2 is 1.52 bits per heavy atom. The predicted molar refractivity (Wildman–Crippen MR) is 88.5 cm³/mol. The zero-order valence-electron chi connectivity index (χ0n) is 11.8. The second-order valence-corrected chi connectivity index (χ2v) is 5.94. The highest BCUT2D eigenvalue weighted by Crippen LogP contribution is 2.23. The van der Waals surface area contributed by atoms with Crippen LogP contribution in [0, 0.1) is 0 Å². The van der Waals surface area contributed by atoms with Crippen LogP contribution in [0.4, 0.5) is 0 Å². The van der Waals surface area contributed by atoms with Crippen LogP contribution in [0.3, 0.4) is 0 Å². The highest BCUT2D eigenvalue weighted by molar-refractivity contribution is 7.09. The third-order valence-corrected chi connectivity index (χ3v) is 4.31. The molecule has 2 aromatic carbocycles. The van der Waals surface area contributed by atoms with E-state index in [4.69, 9.17) is 0 Å². The molecular weight excluding hydrogens is 276 g/mol. The molecule has 3 aromatic rings. The van der Waals surface area contributed by atoms with Crippen LogP contribution in [0.1, 0.15) is 21.9 Å². The number of rotatable bonds is 6. The normalized spacial score (nSPS) is 10.9. The lowest BCUT2D eigenvalue weighted by Crippen LogP contribution is -2.21. The molecule has 2 nitrogen and oxygen atoms in total. The van der Waals surface area contributed by atoms with Crippen LogP contribution < -0.4 is 5.32 Å². The molecule has 0 amide bonds. The maximum atomic E-state index is 4.11. The van der Waals surface area contributed by atoms with Gasteiger partial charge in [0, 0.05) is 30.1 Å². The maximum absolute atomic E-state index is 4.11. The molecule has 0 spiro atoms. The van der Waals surface area contributed by atoms with Gasteiger partial charge in [-0.1, -0.05) is 60.7 Å². The second kappa shape index (κ2) is 7.16. The summed E-state index contributed by atoms with van der Waals surface area (Å²) in [6, 6.07) is 21.4. The molecule has 106 valence electrons. The Morgan fingerprint density at radius 1 is 0.905 bits per heavy atom. The smallest absolute Gasteiger partial charge is 0.0794 e. The summed E-state index contributed by atoms with van der Waals surface area (Å²) < 4.78 is 0. The summed E-state index contributed by atoms with van der Waals surface area (Å²) in [7, 11) is 0. The van der Waals surface area contributed by atoms with Crippen LogP contribution >= 0.6 is 11.3 Å². The van der Waals surface area contributed by atoms with Crippen LogP contribution in [0.15, 0.2) is 72.4 Å². The molecule has 0 radical (unpaired) electrons. The van der Waals surface area contributed by atoms with Gasteiger partial charge in [0.15, 0.2) is 0 Å². The number of thiazole rings is 1. The molecule has 21 heavy (non-hydrogen) atoms. The zero-order valence-corrected chi connectivity index (χ0v) is 12.6. The molecule has 1 aromatic heterocycles. The third-order valence-electron chi connectivity index (χ3n) is 3.54. The van der Waals surface area contributed by atoms with Gasteiger partial charge in [-0.05, 0) is 11.1 Å². The fraction of sp³-hybridized carbons (Fsp3) is 0.167. The maximum Gasteiger partial charge on any atom is 0.0794 e. The van der Waals surface area contributed by atoms with Gasteiger partial charge in [-0.25, -0.2) is 0 Å². The SMILES string of the molecule is c1ccc(C(CNCc2cncs2)c2ccccc2)cc1. The number of nitrogens with zero attached hydrogens (tertiary/aromatic N) is 1. The molecule has 0 saturated heterocycles. The summed E-state index contributed by atoms with van der Waals surface area (Å²) in [5.41, 5.74) is 4.57. The van der Waals surface area contributed by atoms with E-state index >= 15 is 0 Å². The van der Waals surface area contributed by atoms with Crippen molar-refractivity contribution in [3.05, 3.63) is 88.4 Å². The van der Waals surface area contributed by atoms with Gasteiger partial charge in [0.25, 0.3) is 0 Å². The van der Waals surface area contributed by atoms with Crippen LogP contribution in [0.5, 0.6) is 0 Å². The summed E-state index contributed by atoms with van der Waals surface area (Å²) in [6.07, 6.45) is 1.93. The van der Waals surface area contributed by atoms with E-state index in [9.17, 15) is 0 Å². The summed E-state index contributed by atoms with van der Waals surface area (Å²) in [4.78, 5) is 5.39. The Kier molecular flexibility index (Phi) is 4.77. The van der Waals surface area contributed by atoms with Crippen LogP contribution in [0.2, 0.25) is 0 Å². The van der Waals surface area contributed by atoms with Crippen molar-refractivity contribution in [2.24, 2.45) is 0 Å². The second-order valence-electron chi connectivity index (χ2n) is 4.97. The van der Waals surface area contributed by atoms with E-state index in [0.29, 0.717) is 5.92 Å². The Bertz CT molecular complexity index is 596. The molecule has 0 atom stereocenters. The highest BCUT2D eigenvalue weighted by Gasteiger charge is 2.13. The minimum atomic E-state index is 0.375. The van der Waals surface area contributed by atoms with E-state index in [1.807, 2.05) is 11.7 Å². The van der Waals surface area contributed by atoms with Crippen molar-refractivity contribution in [3.63, 3.8) is 0 Å². The number of hydrogen-bond acceptors (Lipinski definition) is 3. The van der Waals surface area contributed by atoms with Gasteiger partial charge in [-0.3, -0.25) is 4.98 Å². The van der Waals surface area contributed by atoms with Crippen molar-refractivity contribution in [1.29, 1.82) is 0 Å². The zero-order chi connectivity index (χ0) is 14.3. The average Bonchev–Trinajstić information content (AvgIpc) is 3.07. The van der Waals surface area contributed by atoms with Gasteiger partial charge in [0.2, 0.25) is 0 Å². The lowest BCUT2D eigenvalue weighted by Gasteiger charge is -2.18. The van der Waals surface area contributed by atoms with E-state index in [2.05, 4.69) is 71.0 Å². The standard InChI is InChI=1S/C18H18N2S/c1-3-7-15(8-4-1)18(16-9-5-2-6-10-16)13-19-11-17-12-20-14-21-17/h1-10,12,14,18-19H,11,13H2. The first-order valence-corrected chi connectivity index (χ1v) is 7.99. The molecule has 3 heteroatoms. The molecular formula is C18H18N2S. The molecule has 0 fully saturated rings. The quantitative estimate of drug-likeness (QED) is 0.741. The Balaban J connectivity index is 1.73. The Hall–Kier alpha value is -1.97. The summed E-state index contributed by atoms with van der Waals surface area (Å²) in [6.45, 7) is 1.80. The molecule has 0 bridgehead atoms. The first-order valence-electron chi connectivity index (χ1n) is 7.11. The van der Waals surface area contributed by atoms with E-state index in [1.54, 1.807) is 11.3 Å². The lowest BCUT2D eigenvalue weighted by molar-refractivity contribution is 0.640. The van der Waals surface area contributed by atoms with Crippen molar-refractivity contribution < 1.29 is 0 Å². The minimum Gasteiger partial charge on any atom is -0.311 e. The number of nitrogens with one attached hydrogen (secondary N) is 1. The van der Waals surface area contributed by atoms with Crippen molar-refractivity contribution in [2.75, 3.05) is 6.54 Å². The molecule has 0 saturated carbocycles. The molecule has 3 rings (SSSR count). The molecule has 0 aliphatic heterocycles. The fourth-order valence-corrected chi connectivity index (χ4v) is 3.03. The molecule has 1 heterocycles. The third kappa shape index (κ3) is 3.78. The van der Waals surface area contributed by atoms with Gasteiger partial charge in [-0.2, -0.15) is 0 Å². The topological polar surface area (TPSA) is 24.9 Å². The van der Waals surface area contributed by atoms with Gasteiger partial charge >= 0.3 is 0 Å². The van der Waals surface area contributed by atoms with Crippen LogP contribution in [-0.4, -0.2) is 11.5 Å². The first kappa shape index (κ1) is 14.0. The summed E-state index contributed by atoms with van der Waals surface area (Å²) in [5.74, 6) is 0.375. The summed E-state index contributed by atoms with van der Waals surface area (Å²) in [5, 5.41) is 3.56. The van der Waals surface area contributed by atoms with Crippen LogP contribution in [0.25, 0.3) is 0 Å². The van der Waals surface area contributed by atoms with Crippen molar-refractivity contribution in [2.45, 2.75) is 12.5 Å². The highest BCUT2D eigenvalue weighted by atomic mass is 32.1. The van der Waals surface area contributed by atoms with Crippen molar-refractivity contribution >= 4 is 11.3 Å². The fourth-order valence-electron chi connectivity index (χ4n) is 2.47. The number of benzene rings is 2. The summed E-state index contributed by atoms with van der Waals surface area (Å²) >= 11 is 1.69.